The summed E-state index contributed by atoms with van der Waals surface area (Å²) in [4.78, 5) is 39.2. The Morgan fingerprint density at radius 2 is 2.04 bits per heavy atom. The van der Waals surface area contributed by atoms with Crippen molar-refractivity contribution < 1.29 is 19.5 Å². The van der Waals surface area contributed by atoms with E-state index in [4.69, 9.17) is 0 Å². The second-order valence-electron chi connectivity index (χ2n) is 5.28. The number of benzene rings is 1. The van der Waals surface area contributed by atoms with Gasteiger partial charge in [-0.15, -0.1) is 0 Å². The Labute approximate surface area is 133 Å². The number of carbonyl (C=O) groups is 3. The topological polar surface area (TPSA) is 103 Å². The molecule has 2 amide bonds. The van der Waals surface area contributed by atoms with E-state index in [1.807, 2.05) is 6.07 Å². The molecule has 1 atom stereocenters. The van der Waals surface area contributed by atoms with E-state index in [-0.39, 0.29) is 24.9 Å². The highest BCUT2D eigenvalue weighted by Crippen LogP contribution is 2.16. The van der Waals surface area contributed by atoms with E-state index in [2.05, 4.69) is 10.3 Å². The standard InChI is InChI=1S/C16H19N3O4/c1-10(16(22)23)19(8-7-17-11(2)20)15(21)13-3-4-14-12(9-13)5-6-18-14/h3-6,9-10,18H,7-8H2,1-2H3,(H,17,20)(H,22,23). The van der Waals surface area contributed by atoms with Crippen molar-refractivity contribution >= 4 is 28.7 Å². The zero-order valence-electron chi connectivity index (χ0n) is 13.0. The summed E-state index contributed by atoms with van der Waals surface area (Å²) in [6, 6.07) is 6.00. The Hall–Kier alpha value is -2.83. The molecule has 0 aliphatic heterocycles. The van der Waals surface area contributed by atoms with Crippen LogP contribution in [0.15, 0.2) is 30.5 Å². The lowest BCUT2D eigenvalue weighted by atomic mass is 10.1. The molecular formula is C16H19N3O4. The molecule has 0 fully saturated rings. The van der Waals surface area contributed by atoms with Crippen molar-refractivity contribution in [1.29, 1.82) is 0 Å². The van der Waals surface area contributed by atoms with Gasteiger partial charge in [0.05, 0.1) is 0 Å². The summed E-state index contributed by atoms with van der Waals surface area (Å²) in [7, 11) is 0. The Balaban J connectivity index is 2.23. The normalized spacial score (nSPS) is 11.9. The molecule has 0 bridgehead atoms. The molecule has 0 aliphatic carbocycles. The minimum absolute atomic E-state index is 0.122. The highest BCUT2D eigenvalue weighted by atomic mass is 16.4. The van der Waals surface area contributed by atoms with Crippen LogP contribution in [0.5, 0.6) is 0 Å². The maximum Gasteiger partial charge on any atom is 0.326 e. The molecule has 23 heavy (non-hydrogen) atoms. The Morgan fingerprint density at radius 1 is 1.30 bits per heavy atom. The molecule has 3 N–H and O–H groups in total. The van der Waals surface area contributed by atoms with E-state index in [1.165, 1.54) is 18.7 Å². The summed E-state index contributed by atoms with van der Waals surface area (Å²) in [5, 5.41) is 12.7. The number of rotatable bonds is 6. The van der Waals surface area contributed by atoms with Crippen molar-refractivity contribution in [1.82, 2.24) is 15.2 Å². The Bertz CT molecular complexity index is 738. The van der Waals surface area contributed by atoms with Gasteiger partial charge in [0.1, 0.15) is 6.04 Å². The van der Waals surface area contributed by atoms with Crippen molar-refractivity contribution in [2.45, 2.75) is 19.9 Å². The van der Waals surface area contributed by atoms with E-state index >= 15 is 0 Å². The first kappa shape index (κ1) is 16.5. The molecule has 0 radical (unpaired) electrons. The molecule has 0 spiro atoms. The molecule has 2 rings (SSSR count). The smallest absolute Gasteiger partial charge is 0.326 e. The van der Waals surface area contributed by atoms with Crippen molar-refractivity contribution in [3.05, 3.63) is 36.0 Å². The van der Waals surface area contributed by atoms with Crippen molar-refractivity contribution in [3.8, 4) is 0 Å². The SMILES string of the molecule is CC(=O)NCCN(C(=O)c1ccc2[nH]ccc2c1)C(C)C(=O)O. The third-order valence-corrected chi connectivity index (χ3v) is 3.61. The van der Waals surface area contributed by atoms with E-state index < -0.39 is 12.0 Å². The lowest BCUT2D eigenvalue weighted by molar-refractivity contribution is -0.141. The van der Waals surface area contributed by atoms with Crippen LogP contribution < -0.4 is 5.32 Å². The first-order valence-corrected chi connectivity index (χ1v) is 7.25. The van der Waals surface area contributed by atoms with Gasteiger partial charge >= 0.3 is 5.97 Å². The van der Waals surface area contributed by atoms with Gasteiger partial charge in [-0.3, -0.25) is 9.59 Å². The molecule has 1 unspecified atom stereocenters. The van der Waals surface area contributed by atoms with Gasteiger partial charge in [-0.25, -0.2) is 4.79 Å². The van der Waals surface area contributed by atoms with Crippen LogP contribution >= 0.6 is 0 Å². The number of carboxylic acids is 1. The Morgan fingerprint density at radius 3 is 2.70 bits per heavy atom. The predicted molar refractivity (Wildman–Crippen MR) is 85.1 cm³/mol. The number of aromatic amines is 1. The molecule has 7 nitrogen and oxygen atoms in total. The largest absolute Gasteiger partial charge is 0.480 e. The van der Waals surface area contributed by atoms with Crippen molar-refractivity contribution in [2.75, 3.05) is 13.1 Å². The van der Waals surface area contributed by atoms with Crippen LogP contribution in [-0.4, -0.2) is 51.9 Å². The zero-order valence-corrected chi connectivity index (χ0v) is 13.0. The van der Waals surface area contributed by atoms with Gasteiger partial charge in [0.15, 0.2) is 0 Å². The summed E-state index contributed by atoms with van der Waals surface area (Å²) in [5.74, 6) is -1.70. The van der Waals surface area contributed by atoms with Gasteiger partial charge in [0, 0.05) is 42.7 Å². The lowest BCUT2D eigenvalue weighted by Crippen LogP contribution is -2.46. The Kier molecular flexibility index (Phi) is 5.00. The van der Waals surface area contributed by atoms with Crippen LogP contribution in [0.4, 0.5) is 0 Å². The number of H-pyrrole nitrogens is 1. The number of aromatic nitrogens is 1. The number of fused-ring (bicyclic) bond motifs is 1. The number of carboxylic acid groups (broad SMARTS) is 1. The highest BCUT2D eigenvalue weighted by molar-refractivity contribution is 5.99. The third-order valence-electron chi connectivity index (χ3n) is 3.61. The number of carbonyl (C=O) groups excluding carboxylic acids is 2. The maximum atomic E-state index is 12.7. The van der Waals surface area contributed by atoms with Crippen LogP contribution in [0.2, 0.25) is 0 Å². The lowest BCUT2D eigenvalue weighted by Gasteiger charge is -2.26. The third kappa shape index (κ3) is 3.88. The number of aliphatic carboxylic acids is 1. The summed E-state index contributed by atoms with van der Waals surface area (Å²) < 4.78 is 0. The quantitative estimate of drug-likeness (QED) is 0.745. The average Bonchev–Trinajstić information content (AvgIpc) is 2.97. The molecule has 0 saturated carbocycles. The molecule has 2 aromatic rings. The first-order chi connectivity index (χ1) is 10.9. The highest BCUT2D eigenvalue weighted by Gasteiger charge is 2.26. The second-order valence-corrected chi connectivity index (χ2v) is 5.28. The summed E-state index contributed by atoms with van der Waals surface area (Å²) in [6.45, 7) is 3.14. The minimum atomic E-state index is -1.09. The monoisotopic (exact) mass is 317 g/mol. The second kappa shape index (κ2) is 6.95. The fourth-order valence-corrected chi connectivity index (χ4v) is 2.31. The summed E-state index contributed by atoms with van der Waals surface area (Å²) in [6.07, 6.45) is 1.77. The number of nitrogens with one attached hydrogen (secondary N) is 2. The van der Waals surface area contributed by atoms with Crippen LogP contribution in [-0.2, 0) is 9.59 Å². The number of hydrogen-bond acceptors (Lipinski definition) is 3. The number of hydrogen-bond donors (Lipinski definition) is 3. The summed E-state index contributed by atoms with van der Waals surface area (Å²) in [5.41, 5.74) is 1.31. The molecule has 122 valence electrons. The fourth-order valence-electron chi connectivity index (χ4n) is 2.31. The first-order valence-electron chi connectivity index (χ1n) is 7.25. The van der Waals surface area contributed by atoms with Crippen LogP contribution in [0.25, 0.3) is 10.9 Å². The van der Waals surface area contributed by atoms with Gasteiger partial charge < -0.3 is 20.3 Å². The van der Waals surface area contributed by atoms with Gasteiger partial charge in [-0.1, -0.05) is 0 Å². The molecule has 7 heteroatoms. The van der Waals surface area contributed by atoms with E-state index in [0.717, 1.165) is 10.9 Å². The zero-order chi connectivity index (χ0) is 17.0. The van der Waals surface area contributed by atoms with Crippen LogP contribution in [0.1, 0.15) is 24.2 Å². The number of amides is 2. The molecule has 1 aromatic carbocycles. The van der Waals surface area contributed by atoms with Crippen molar-refractivity contribution in [3.63, 3.8) is 0 Å². The van der Waals surface area contributed by atoms with Crippen LogP contribution in [0, 0.1) is 0 Å². The molecule has 0 aliphatic rings. The summed E-state index contributed by atoms with van der Waals surface area (Å²) >= 11 is 0. The predicted octanol–water partition coefficient (Wildman–Crippen LogP) is 1.22. The average molecular weight is 317 g/mol. The van der Waals surface area contributed by atoms with Gasteiger partial charge in [0.2, 0.25) is 5.91 Å². The number of nitrogens with zero attached hydrogens (tertiary/aromatic N) is 1. The van der Waals surface area contributed by atoms with Crippen LogP contribution in [0.3, 0.4) is 0 Å². The molecule has 1 heterocycles. The van der Waals surface area contributed by atoms with E-state index in [9.17, 15) is 19.5 Å². The van der Waals surface area contributed by atoms with Gasteiger partial charge in [-0.2, -0.15) is 0 Å². The van der Waals surface area contributed by atoms with E-state index in [0.29, 0.717) is 5.56 Å². The van der Waals surface area contributed by atoms with E-state index in [1.54, 1.807) is 24.4 Å². The maximum absolute atomic E-state index is 12.7. The fraction of sp³-hybridized carbons (Fsp3) is 0.312. The molecular weight excluding hydrogens is 298 g/mol. The molecule has 1 aromatic heterocycles. The van der Waals surface area contributed by atoms with Gasteiger partial charge in [-0.05, 0) is 31.2 Å². The minimum Gasteiger partial charge on any atom is -0.480 e. The van der Waals surface area contributed by atoms with Crippen molar-refractivity contribution in [2.24, 2.45) is 0 Å². The molecule has 0 saturated heterocycles. The van der Waals surface area contributed by atoms with Gasteiger partial charge in [0.25, 0.3) is 5.91 Å².